The first-order valence-corrected chi connectivity index (χ1v) is 9.14. The molecule has 4 heterocycles. The first-order valence-electron chi connectivity index (χ1n) is 9.14. The number of para-hydroxylation sites is 2. The fraction of sp³-hybridized carbons (Fsp3) is 0.250. The second kappa shape index (κ2) is 6.51. The zero-order valence-electron chi connectivity index (χ0n) is 15.0. The van der Waals surface area contributed by atoms with Gasteiger partial charge in [-0.2, -0.15) is 0 Å². The van der Waals surface area contributed by atoms with Crippen LogP contribution in [0.4, 0.5) is 0 Å². The number of hydrogen-bond acceptors (Lipinski definition) is 4. The Kier molecular flexibility index (Phi) is 3.86. The molecule has 0 saturated heterocycles. The molecular weight excluding hydrogens is 338 g/mol. The van der Waals surface area contributed by atoms with E-state index in [-0.39, 0.29) is 6.04 Å². The molecule has 0 amide bonds. The molecule has 7 heteroatoms. The Morgan fingerprint density at radius 3 is 3.00 bits per heavy atom. The van der Waals surface area contributed by atoms with Crippen LogP contribution in [0.3, 0.4) is 0 Å². The largest absolute Gasteiger partial charge is 0.348 e. The maximum atomic E-state index is 5.01. The topological polar surface area (TPSA) is 78.4 Å². The molecule has 2 N–H and O–H groups in total. The number of H-pyrrole nitrogens is 2. The van der Waals surface area contributed by atoms with Crippen LogP contribution >= 0.6 is 0 Å². The molecule has 0 fully saturated rings. The van der Waals surface area contributed by atoms with Crippen LogP contribution in [0.2, 0.25) is 0 Å². The minimum Gasteiger partial charge on any atom is -0.348 e. The van der Waals surface area contributed by atoms with Crippen molar-refractivity contribution in [3.05, 3.63) is 78.7 Å². The van der Waals surface area contributed by atoms with E-state index < -0.39 is 0 Å². The van der Waals surface area contributed by atoms with Crippen molar-refractivity contribution in [3.63, 3.8) is 0 Å². The molecule has 0 saturated carbocycles. The molecule has 1 aliphatic heterocycles. The van der Waals surface area contributed by atoms with Gasteiger partial charge in [-0.15, -0.1) is 6.58 Å². The normalized spacial score (nSPS) is 17.3. The van der Waals surface area contributed by atoms with Crippen LogP contribution < -0.4 is 0 Å². The third kappa shape index (κ3) is 2.67. The van der Waals surface area contributed by atoms with Gasteiger partial charge in [-0.25, -0.2) is 15.0 Å². The molecule has 5 rings (SSSR count). The molecule has 0 unspecified atom stereocenters. The minimum atomic E-state index is -0.0179. The molecule has 3 aromatic heterocycles. The van der Waals surface area contributed by atoms with Crippen molar-refractivity contribution in [2.45, 2.75) is 25.6 Å². The number of aromatic amines is 2. The number of hydrogen-bond donors (Lipinski definition) is 2. The quantitative estimate of drug-likeness (QED) is 0.537. The smallest absolute Gasteiger partial charge is 0.133 e. The Balaban J connectivity index is 1.66. The number of nitrogens with zero attached hydrogens (tertiary/aromatic N) is 5. The predicted molar refractivity (Wildman–Crippen MR) is 103 cm³/mol. The first kappa shape index (κ1) is 16.0. The van der Waals surface area contributed by atoms with Crippen LogP contribution in [0.15, 0.2) is 55.8 Å². The molecule has 27 heavy (non-hydrogen) atoms. The van der Waals surface area contributed by atoms with Gasteiger partial charge in [0, 0.05) is 43.6 Å². The summed E-state index contributed by atoms with van der Waals surface area (Å²) in [6, 6.07) is 8.24. The lowest BCUT2D eigenvalue weighted by Gasteiger charge is -2.34. The molecule has 4 aromatic rings. The van der Waals surface area contributed by atoms with Crippen LogP contribution in [0.1, 0.15) is 28.9 Å². The summed E-state index contributed by atoms with van der Waals surface area (Å²) in [4.78, 5) is 22.8. The highest BCUT2D eigenvalue weighted by Gasteiger charge is 2.34. The van der Waals surface area contributed by atoms with Gasteiger partial charge in [-0.3, -0.25) is 4.90 Å². The molecule has 0 aliphatic carbocycles. The average molecular weight is 359 g/mol. The number of imidazole rings is 3. The van der Waals surface area contributed by atoms with E-state index in [1.807, 2.05) is 18.3 Å². The van der Waals surface area contributed by atoms with E-state index in [4.69, 9.17) is 4.98 Å². The van der Waals surface area contributed by atoms with Crippen molar-refractivity contribution in [1.82, 2.24) is 34.4 Å². The highest BCUT2D eigenvalue weighted by molar-refractivity contribution is 5.76. The van der Waals surface area contributed by atoms with E-state index in [1.165, 1.54) is 5.69 Å². The summed E-state index contributed by atoms with van der Waals surface area (Å²) < 4.78 is 2.25. The predicted octanol–water partition coefficient (Wildman–Crippen LogP) is 2.82. The zero-order chi connectivity index (χ0) is 18.2. The monoisotopic (exact) mass is 359 g/mol. The fourth-order valence-corrected chi connectivity index (χ4v) is 3.99. The molecule has 0 spiro atoms. The lowest BCUT2D eigenvalue weighted by atomic mass is 10.0. The second-order valence-corrected chi connectivity index (χ2v) is 6.82. The Bertz CT molecular complexity index is 1070. The summed E-state index contributed by atoms with van der Waals surface area (Å²) in [6.07, 6.45) is 8.26. The maximum absolute atomic E-state index is 5.01. The maximum Gasteiger partial charge on any atom is 0.133 e. The van der Waals surface area contributed by atoms with E-state index in [0.717, 1.165) is 47.8 Å². The molecule has 1 aromatic carbocycles. The van der Waals surface area contributed by atoms with Gasteiger partial charge in [0.1, 0.15) is 11.9 Å². The molecular formula is C20H21N7. The molecule has 7 nitrogen and oxygen atoms in total. The number of allylic oxidation sites excluding steroid dienone is 1. The fourth-order valence-electron chi connectivity index (χ4n) is 3.99. The summed E-state index contributed by atoms with van der Waals surface area (Å²) in [6.45, 7) is 6.36. The zero-order valence-corrected chi connectivity index (χ0v) is 15.0. The van der Waals surface area contributed by atoms with E-state index in [1.54, 1.807) is 12.7 Å². The summed E-state index contributed by atoms with van der Waals surface area (Å²) in [5.74, 6) is 1.00. The van der Waals surface area contributed by atoms with E-state index in [2.05, 4.69) is 54.2 Å². The van der Waals surface area contributed by atoms with Crippen molar-refractivity contribution in [2.24, 2.45) is 0 Å². The third-order valence-corrected chi connectivity index (χ3v) is 5.19. The van der Waals surface area contributed by atoms with Crippen molar-refractivity contribution in [2.75, 3.05) is 6.54 Å². The molecule has 1 aliphatic rings. The number of aromatic nitrogens is 6. The van der Waals surface area contributed by atoms with Crippen molar-refractivity contribution in [3.8, 4) is 0 Å². The standard InChI is InChI=1S/C20H21N7/c1-2-8-27-17-6-4-3-5-15(17)25-20(27)19-18-16(23-13-24-18)7-9-26(19)11-14-10-21-12-22-14/h2-6,10,12-13,19H,1,7-9,11H2,(H,21,22)(H,23,24)/t19-/m0/s1. The van der Waals surface area contributed by atoms with Gasteiger partial charge in [0.15, 0.2) is 0 Å². The molecule has 1 atom stereocenters. The van der Waals surface area contributed by atoms with Gasteiger partial charge < -0.3 is 14.5 Å². The Hall–Kier alpha value is -3.19. The Morgan fingerprint density at radius 2 is 2.15 bits per heavy atom. The van der Waals surface area contributed by atoms with Gasteiger partial charge >= 0.3 is 0 Å². The number of rotatable bonds is 5. The number of fused-ring (bicyclic) bond motifs is 2. The number of benzene rings is 1. The first-order chi connectivity index (χ1) is 13.3. The summed E-state index contributed by atoms with van der Waals surface area (Å²) in [7, 11) is 0. The van der Waals surface area contributed by atoms with E-state index >= 15 is 0 Å². The van der Waals surface area contributed by atoms with Crippen molar-refractivity contribution < 1.29 is 0 Å². The minimum absolute atomic E-state index is 0.0179. The summed E-state index contributed by atoms with van der Waals surface area (Å²) in [5.41, 5.74) is 5.46. The van der Waals surface area contributed by atoms with Crippen LogP contribution in [-0.4, -0.2) is 40.9 Å². The Labute approximate surface area is 156 Å². The molecule has 0 bridgehead atoms. The van der Waals surface area contributed by atoms with Gasteiger partial charge in [-0.1, -0.05) is 18.2 Å². The van der Waals surface area contributed by atoms with Crippen LogP contribution in [0.25, 0.3) is 11.0 Å². The van der Waals surface area contributed by atoms with E-state index in [0.29, 0.717) is 6.54 Å². The lowest BCUT2D eigenvalue weighted by Crippen LogP contribution is -2.37. The summed E-state index contributed by atoms with van der Waals surface area (Å²) in [5, 5.41) is 0. The highest BCUT2D eigenvalue weighted by atomic mass is 15.2. The molecule has 136 valence electrons. The van der Waals surface area contributed by atoms with Gasteiger partial charge in [0.25, 0.3) is 0 Å². The molecule has 0 radical (unpaired) electrons. The van der Waals surface area contributed by atoms with Crippen LogP contribution in [0, 0.1) is 0 Å². The Morgan fingerprint density at radius 1 is 1.22 bits per heavy atom. The van der Waals surface area contributed by atoms with Crippen molar-refractivity contribution in [1.29, 1.82) is 0 Å². The third-order valence-electron chi connectivity index (χ3n) is 5.19. The van der Waals surface area contributed by atoms with Gasteiger partial charge in [0.05, 0.1) is 29.4 Å². The number of nitrogens with one attached hydrogen (secondary N) is 2. The average Bonchev–Trinajstić information content (AvgIpc) is 3.42. The SMILES string of the molecule is C=CCn1c([C@@H]2c3nc[nH]c3CCN2Cc2cnc[nH]2)nc2ccccc21. The second-order valence-electron chi connectivity index (χ2n) is 6.82. The highest BCUT2D eigenvalue weighted by Crippen LogP contribution is 2.35. The van der Waals surface area contributed by atoms with Crippen LogP contribution in [-0.2, 0) is 19.5 Å². The van der Waals surface area contributed by atoms with Crippen LogP contribution in [0.5, 0.6) is 0 Å². The lowest BCUT2D eigenvalue weighted by molar-refractivity contribution is 0.188. The van der Waals surface area contributed by atoms with Gasteiger partial charge in [-0.05, 0) is 12.1 Å². The summed E-state index contributed by atoms with van der Waals surface area (Å²) >= 11 is 0. The van der Waals surface area contributed by atoms with E-state index in [9.17, 15) is 0 Å². The van der Waals surface area contributed by atoms with Crippen molar-refractivity contribution >= 4 is 11.0 Å². The van der Waals surface area contributed by atoms with Gasteiger partial charge in [0.2, 0.25) is 0 Å².